The number of para-hydroxylation sites is 1. The molecule has 1 unspecified atom stereocenters. The molecule has 4 aromatic rings. The van der Waals surface area contributed by atoms with Gasteiger partial charge in [0.25, 0.3) is 5.56 Å². The van der Waals surface area contributed by atoms with Crippen LogP contribution in [0.5, 0.6) is 5.75 Å². The van der Waals surface area contributed by atoms with Crippen LogP contribution < -0.4 is 10.3 Å². The van der Waals surface area contributed by atoms with Gasteiger partial charge in [-0.05, 0) is 49.2 Å². The van der Waals surface area contributed by atoms with Gasteiger partial charge in [-0.15, -0.1) is 0 Å². The molecule has 1 aromatic heterocycles. The quantitative estimate of drug-likeness (QED) is 0.371. The Morgan fingerprint density at radius 3 is 2.42 bits per heavy atom. The van der Waals surface area contributed by atoms with Crippen LogP contribution in [-0.4, -0.2) is 34.0 Å². The standard InChI is InChI=1S/C30H33N3O3/c1-4-35-29(23-11-7-5-8-12-23)24-15-16-28-25(19-24)20-32(17-18-36-28)21-27-22(2)31(3)33(30(27)34)26-13-9-6-10-14-26/h5-16,19,29H,4,17-18,20-21H2,1-3H3. The Kier molecular flexibility index (Phi) is 7.07. The van der Waals surface area contributed by atoms with E-state index in [1.54, 1.807) is 4.68 Å². The van der Waals surface area contributed by atoms with E-state index in [-0.39, 0.29) is 11.7 Å². The van der Waals surface area contributed by atoms with Gasteiger partial charge in [0, 0.05) is 44.5 Å². The van der Waals surface area contributed by atoms with Gasteiger partial charge in [0.15, 0.2) is 0 Å². The summed E-state index contributed by atoms with van der Waals surface area (Å²) in [5.74, 6) is 0.899. The van der Waals surface area contributed by atoms with Crippen LogP contribution in [-0.2, 0) is 24.9 Å². The number of hydrogen-bond donors (Lipinski definition) is 0. The summed E-state index contributed by atoms with van der Waals surface area (Å²) in [7, 11) is 1.94. The number of rotatable bonds is 7. The first kappa shape index (κ1) is 24.1. The Bertz CT molecular complexity index is 1380. The van der Waals surface area contributed by atoms with Crippen LogP contribution in [0.3, 0.4) is 0 Å². The summed E-state index contributed by atoms with van der Waals surface area (Å²) in [4.78, 5) is 15.8. The topological polar surface area (TPSA) is 48.6 Å². The highest BCUT2D eigenvalue weighted by Crippen LogP contribution is 2.32. The average Bonchev–Trinajstić information content (AvgIpc) is 3.04. The molecule has 0 N–H and O–H groups in total. The molecule has 0 spiro atoms. The van der Waals surface area contributed by atoms with Crippen LogP contribution in [0.1, 0.15) is 41.0 Å². The van der Waals surface area contributed by atoms with Crippen molar-refractivity contribution in [2.24, 2.45) is 7.05 Å². The molecule has 1 aliphatic rings. The van der Waals surface area contributed by atoms with Crippen molar-refractivity contribution >= 4 is 0 Å². The Morgan fingerprint density at radius 1 is 0.972 bits per heavy atom. The van der Waals surface area contributed by atoms with E-state index in [2.05, 4.69) is 35.2 Å². The molecule has 0 aliphatic carbocycles. The Labute approximate surface area is 212 Å². The summed E-state index contributed by atoms with van der Waals surface area (Å²) in [6.45, 7) is 7.27. The molecule has 6 nitrogen and oxygen atoms in total. The zero-order valence-electron chi connectivity index (χ0n) is 21.2. The summed E-state index contributed by atoms with van der Waals surface area (Å²) < 4.78 is 15.9. The number of benzene rings is 3. The highest BCUT2D eigenvalue weighted by Gasteiger charge is 2.23. The van der Waals surface area contributed by atoms with Gasteiger partial charge in [0.05, 0.1) is 11.3 Å². The Hall–Kier alpha value is -3.61. The van der Waals surface area contributed by atoms with Gasteiger partial charge < -0.3 is 9.47 Å². The van der Waals surface area contributed by atoms with Gasteiger partial charge in [-0.3, -0.25) is 14.4 Å². The van der Waals surface area contributed by atoms with E-state index in [0.717, 1.165) is 45.9 Å². The van der Waals surface area contributed by atoms with E-state index in [9.17, 15) is 4.79 Å². The van der Waals surface area contributed by atoms with Crippen molar-refractivity contribution in [3.05, 3.63) is 117 Å². The molecule has 0 saturated heterocycles. The first-order chi connectivity index (χ1) is 17.6. The lowest BCUT2D eigenvalue weighted by Crippen LogP contribution is -2.29. The second-order valence-electron chi connectivity index (χ2n) is 9.21. The molecule has 6 heteroatoms. The number of nitrogens with zero attached hydrogens (tertiary/aromatic N) is 3. The average molecular weight is 484 g/mol. The van der Waals surface area contributed by atoms with Crippen LogP contribution in [0.25, 0.3) is 5.69 Å². The SMILES string of the molecule is CCOC(c1ccccc1)c1ccc2c(c1)CN(Cc1c(C)n(C)n(-c3ccccc3)c1=O)CCO2. The van der Waals surface area contributed by atoms with Gasteiger partial charge in [0.2, 0.25) is 0 Å². The van der Waals surface area contributed by atoms with Crippen LogP contribution >= 0.6 is 0 Å². The monoisotopic (exact) mass is 483 g/mol. The first-order valence-corrected chi connectivity index (χ1v) is 12.5. The number of ether oxygens (including phenoxy) is 2. The van der Waals surface area contributed by atoms with E-state index in [4.69, 9.17) is 9.47 Å². The van der Waals surface area contributed by atoms with Crippen LogP contribution in [0.2, 0.25) is 0 Å². The van der Waals surface area contributed by atoms with E-state index < -0.39 is 0 Å². The van der Waals surface area contributed by atoms with Crippen molar-refractivity contribution < 1.29 is 9.47 Å². The smallest absolute Gasteiger partial charge is 0.276 e. The summed E-state index contributed by atoms with van der Waals surface area (Å²) in [6.07, 6.45) is -0.132. The second-order valence-corrected chi connectivity index (χ2v) is 9.21. The molecular formula is C30H33N3O3. The zero-order chi connectivity index (χ0) is 25.1. The molecule has 0 fully saturated rings. The molecule has 3 aromatic carbocycles. The summed E-state index contributed by atoms with van der Waals surface area (Å²) in [5, 5.41) is 0. The van der Waals surface area contributed by atoms with Crippen molar-refractivity contribution in [1.29, 1.82) is 0 Å². The molecular weight excluding hydrogens is 450 g/mol. The molecule has 5 rings (SSSR count). The number of hydrogen-bond acceptors (Lipinski definition) is 4. The van der Waals surface area contributed by atoms with Gasteiger partial charge in [0.1, 0.15) is 18.5 Å². The van der Waals surface area contributed by atoms with Gasteiger partial charge in [-0.25, -0.2) is 4.68 Å². The minimum Gasteiger partial charge on any atom is -0.492 e. The second kappa shape index (κ2) is 10.6. The predicted molar refractivity (Wildman–Crippen MR) is 142 cm³/mol. The van der Waals surface area contributed by atoms with Crippen LogP contribution in [0.4, 0.5) is 0 Å². The summed E-state index contributed by atoms with van der Waals surface area (Å²) in [6, 6.07) is 26.4. The number of fused-ring (bicyclic) bond motifs is 1. The van der Waals surface area contributed by atoms with Crippen molar-refractivity contribution in [3.63, 3.8) is 0 Å². The molecule has 186 valence electrons. The lowest BCUT2D eigenvalue weighted by atomic mass is 9.98. The van der Waals surface area contributed by atoms with E-state index >= 15 is 0 Å². The fourth-order valence-corrected chi connectivity index (χ4v) is 4.98. The lowest BCUT2D eigenvalue weighted by Gasteiger charge is -2.21. The fraction of sp³-hybridized carbons (Fsp3) is 0.300. The molecule has 1 atom stereocenters. The minimum absolute atomic E-state index is 0.0285. The molecule has 0 saturated carbocycles. The molecule has 0 amide bonds. The van der Waals surface area contributed by atoms with E-state index in [1.807, 2.05) is 74.1 Å². The van der Waals surface area contributed by atoms with Crippen molar-refractivity contribution in [1.82, 2.24) is 14.3 Å². The van der Waals surface area contributed by atoms with E-state index in [1.165, 1.54) is 0 Å². The predicted octanol–water partition coefficient (Wildman–Crippen LogP) is 5.00. The van der Waals surface area contributed by atoms with E-state index in [0.29, 0.717) is 26.3 Å². The molecule has 2 heterocycles. The van der Waals surface area contributed by atoms with Crippen molar-refractivity contribution in [3.8, 4) is 11.4 Å². The molecule has 0 bridgehead atoms. The Morgan fingerprint density at radius 2 is 1.69 bits per heavy atom. The highest BCUT2D eigenvalue weighted by molar-refractivity contribution is 5.41. The summed E-state index contributed by atoms with van der Waals surface area (Å²) >= 11 is 0. The maximum absolute atomic E-state index is 13.5. The zero-order valence-corrected chi connectivity index (χ0v) is 21.2. The molecule has 1 aliphatic heterocycles. The third-order valence-corrected chi connectivity index (χ3v) is 6.94. The molecule has 36 heavy (non-hydrogen) atoms. The summed E-state index contributed by atoms with van der Waals surface area (Å²) in [5.41, 5.74) is 6.04. The maximum atomic E-state index is 13.5. The van der Waals surface area contributed by atoms with Crippen LogP contribution in [0.15, 0.2) is 83.7 Å². The largest absolute Gasteiger partial charge is 0.492 e. The van der Waals surface area contributed by atoms with Crippen LogP contribution in [0, 0.1) is 6.92 Å². The minimum atomic E-state index is -0.132. The maximum Gasteiger partial charge on any atom is 0.276 e. The normalized spacial score (nSPS) is 14.6. The number of aromatic nitrogens is 2. The van der Waals surface area contributed by atoms with Crippen molar-refractivity contribution in [2.75, 3.05) is 19.8 Å². The fourth-order valence-electron chi connectivity index (χ4n) is 4.98. The van der Waals surface area contributed by atoms with Gasteiger partial charge >= 0.3 is 0 Å². The highest BCUT2D eigenvalue weighted by atomic mass is 16.5. The molecule has 0 radical (unpaired) electrons. The third kappa shape index (κ3) is 4.74. The first-order valence-electron chi connectivity index (χ1n) is 12.5. The van der Waals surface area contributed by atoms with Crippen molar-refractivity contribution in [2.45, 2.75) is 33.0 Å². The Balaban J connectivity index is 1.43. The lowest BCUT2D eigenvalue weighted by molar-refractivity contribution is 0.0912. The van der Waals surface area contributed by atoms with Gasteiger partial charge in [-0.2, -0.15) is 0 Å². The third-order valence-electron chi connectivity index (χ3n) is 6.94. The van der Waals surface area contributed by atoms with Gasteiger partial charge in [-0.1, -0.05) is 54.6 Å².